The Kier molecular flexibility index (Phi) is 6.88. The van der Waals surface area contributed by atoms with Crippen molar-refractivity contribution < 1.29 is 19.3 Å². The molecule has 1 saturated heterocycles. The van der Waals surface area contributed by atoms with E-state index >= 15 is 0 Å². The number of hydrazine groups is 1. The van der Waals surface area contributed by atoms with Gasteiger partial charge in [0.25, 0.3) is 23.4 Å². The average molecular weight is 600 g/mol. The number of non-ortho nitro benzene ring substituents is 1. The normalized spacial score (nSPS) is 24.5. The molecule has 2 aromatic rings. The summed E-state index contributed by atoms with van der Waals surface area (Å²) in [7, 11) is 0. The first-order chi connectivity index (χ1) is 15.7. The fourth-order valence-electron chi connectivity index (χ4n) is 4.19. The van der Waals surface area contributed by atoms with Gasteiger partial charge in [-0.2, -0.15) is 5.01 Å². The summed E-state index contributed by atoms with van der Waals surface area (Å²) in [5, 5.41) is 13.6. The van der Waals surface area contributed by atoms with E-state index in [9.17, 15) is 24.5 Å². The largest absolute Gasteiger partial charge is 0.273 e. The molecular formula is C22H18Br2ClN3O5. The van der Waals surface area contributed by atoms with Crippen molar-refractivity contribution in [2.75, 3.05) is 0 Å². The van der Waals surface area contributed by atoms with Crippen LogP contribution in [0.15, 0.2) is 48.5 Å². The number of nitro benzene ring substituents is 1. The van der Waals surface area contributed by atoms with E-state index < -0.39 is 34.5 Å². The second kappa shape index (κ2) is 9.52. The highest BCUT2D eigenvalue weighted by Crippen LogP contribution is 2.44. The second-order valence-electron chi connectivity index (χ2n) is 8.00. The van der Waals surface area contributed by atoms with Gasteiger partial charge in [0.15, 0.2) is 0 Å². The summed E-state index contributed by atoms with van der Waals surface area (Å²) in [5.74, 6) is -2.48. The molecule has 8 nitrogen and oxygen atoms in total. The maximum atomic E-state index is 13.5. The lowest BCUT2D eigenvalue weighted by Crippen LogP contribution is -2.49. The van der Waals surface area contributed by atoms with Crippen LogP contribution in [0.5, 0.6) is 0 Å². The number of halogens is 3. The van der Waals surface area contributed by atoms with Crippen molar-refractivity contribution in [3.63, 3.8) is 0 Å². The lowest BCUT2D eigenvalue weighted by molar-refractivity contribution is -0.384. The first-order valence-electron chi connectivity index (χ1n) is 10.1. The number of nitrogens with zero attached hydrogens (tertiary/aromatic N) is 3. The van der Waals surface area contributed by atoms with Crippen molar-refractivity contribution in [2.45, 2.75) is 29.0 Å². The molecule has 0 spiro atoms. The van der Waals surface area contributed by atoms with E-state index in [1.165, 1.54) is 24.3 Å². The molecule has 172 valence electrons. The zero-order valence-corrected chi connectivity index (χ0v) is 21.0. The minimum absolute atomic E-state index is 0.0329. The Hall–Kier alpha value is -2.30. The minimum atomic E-state index is -0.606. The van der Waals surface area contributed by atoms with Crippen LogP contribution >= 0.6 is 43.5 Å². The lowest BCUT2D eigenvalue weighted by atomic mass is 9.81. The number of hydrogen-bond donors (Lipinski definition) is 0. The van der Waals surface area contributed by atoms with Gasteiger partial charge in [0, 0.05) is 32.4 Å². The van der Waals surface area contributed by atoms with E-state index in [2.05, 4.69) is 31.9 Å². The van der Waals surface area contributed by atoms with Gasteiger partial charge in [-0.05, 0) is 42.7 Å². The predicted octanol–water partition coefficient (Wildman–Crippen LogP) is 4.73. The molecule has 0 radical (unpaired) electrons. The van der Waals surface area contributed by atoms with Crippen molar-refractivity contribution in [1.82, 2.24) is 10.0 Å². The third-order valence-corrected chi connectivity index (χ3v) is 8.92. The Morgan fingerprint density at radius 1 is 1.00 bits per heavy atom. The molecule has 33 heavy (non-hydrogen) atoms. The summed E-state index contributed by atoms with van der Waals surface area (Å²) in [6.07, 6.45) is 0.949. The van der Waals surface area contributed by atoms with Gasteiger partial charge in [-0.15, -0.1) is 0 Å². The van der Waals surface area contributed by atoms with E-state index in [4.69, 9.17) is 11.6 Å². The van der Waals surface area contributed by atoms with Crippen molar-refractivity contribution in [2.24, 2.45) is 11.8 Å². The summed E-state index contributed by atoms with van der Waals surface area (Å²) >= 11 is 13.1. The molecular weight excluding hydrogens is 582 g/mol. The zero-order chi connectivity index (χ0) is 23.9. The van der Waals surface area contributed by atoms with E-state index in [1.54, 1.807) is 24.3 Å². The number of alkyl halides is 2. The van der Waals surface area contributed by atoms with Gasteiger partial charge in [0.1, 0.15) is 0 Å². The SMILES string of the molecule is O=C(c1ccc([N+](=O)[O-])cc1)N(Cc1ccc(Cl)cc1)N1C(=O)[C@@H]2C[C@H](Br)[C@@H](Br)C[C@H]2C1=O. The zero-order valence-electron chi connectivity index (χ0n) is 17.1. The number of carbonyl (C=O) groups is 3. The molecule has 0 aromatic heterocycles. The fourth-order valence-corrected chi connectivity index (χ4v) is 5.55. The average Bonchev–Trinajstić information content (AvgIpc) is 3.02. The molecule has 0 unspecified atom stereocenters. The van der Waals surface area contributed by atoms with Gasteiger partial charge < -0.3 is 0 Å². The number of nitro groups is 1. The number of rotatable bonds is 5. The van der Waals surface area contributed by atoms with Gasteiger partial charge in [-0.25, -0.2) is 5.01 Å². The summed E-state index contributed by atoms with van der Waals surface area (Å²) in [6, 6.07) is 11.8. The number of carbonyl (C=O) groups excluding carboxylic acids is 3. The second-order valence-corrected chi connectivity index (χ2v) is 10.8. The Bertz CT molecular complexity index is 1080. The summed E-state index contributed by atoms with van der Waals surface area (Å²) in [4.78, 5) is 50.6. The standard InChI is InChI=1S/C22H18Br2ClN3O5/c23-18-9-16-17(10-19(18)24)22(31)27(21(16)30)26(11-12-1-5-14(25)6-2-12)20(29)13-3-7-15(8-4-13)28(32)33/h1-8,16-19H,9-11H2/t16-,17-,18+,19+/m1/s1. The third-order valence-electron chi connectivity index (χ3n) is 5.93. The van der Waals surface area contributed by atoms with E-state index in [0.717, 1.165) is 10.0 Å². The number of benzene rings is 2. The highest BCUT2D eigenvalue weighted by atomic mass is 79.9. The van der Waals surface area contributed by atoms with E-state index in [1.807, 2.05) is 0 Å². The van der Waals surface area contributed by atoms with Gasteiger partial charge in [-0.3, -0.25) is 24.5 Å². The van der Waals surface area contributed by atoms with Crippen LogP contribution in [0.2, 0.25) is 5.02 Å². The molecule has 2 fully saturated rings. The van der Waals surface area contributed by atoms with Gasteiger partial charge in [0.05, 0.1) is 23.3 Å². The topological polar surface area (TPSA) is 101 Å². The smallest absolute Gasteiger partial charge is 0.272 e. The Morgan fingerprint density at radius 3 is 2.00 bits per heavy atom. The van der Waals surface area contributed by atoms with Gasteiger partial charge in [-0.1, -0.05) is 55.6 Å². The highest BCUT2D eigenvalue weighted by Gasteiger charge is 2.54. The van der Waals surface area contributed by atoms with Gasteiger partial charge >= 0.3 is 0 Å². The van der Waals surface area contributed by atoms with Crippen LogP contribution in [-0.4, -0.2) is 42.3 Å². The number of imide groups is 1. The molecule has 4 atom stereocenters. The third kappa shape index (κ3) is 4.69. The summed E-state index contributed by atoms with van der Waals surface area (Å²) in [6.45, 7) is -0.0423. The van der Waals surface area contributed by atoms with E-state index in [0.29, 0.717) is 23.4 Å². The quantitative estimate of drug-likeness (QED) is 0.214. The molecule has 11 heteroatoms. The molecule has 1 aliphatic carbocycles. The van der Waals surface area contributed by atoms with Crippen LogP contribution in [-0.2, 0) is 16.1 Å². The van der Waals surface area contributed by atoms with Crippen LogP contribution in [0.3, 0.4) is 0 Å². The fraction of sp³-hybridized carbons (Fsp3) is 0.318. The van der Waals surface area contributed by atoms with Crippen molar-refractivity contribution in [1.29, 1.82) is 0 Å². The number of amides is 3. The highest BCUT2D eigenvalue weighted by molar-refractivity contribution is 9.12. The predicted molar refractivity (Wildman–Crippen MR) is 128 cm³/mol. The number of fused-ring (bicyclic) bond motifs is 1. The van der Waals surface area contributed by atoms with Crippen LogP contribution in [0.4, 0.5) is 5.69 Å². The first-order valence-corrected chi connectivity index (χ1v) is 12.3. The van der Waals surface area contributed by atoms with Crippen molar-refractivity contribution in [3.8, 4) is 0 Å². The maximum absolute atomic E-state index is 13.5. The van der Waals surface area contributed by atoms with E-state index in [-0.39, 0.29) is 27.4 Å². The molecule has 0 N–H and O–H groups in total. The summed E-state index contributed by atoms with van der Waals surface area (Å²) < 4.78 is 0. The Morgan fingerprint density at radius 2 is 1.52 bits per heavy atom. The van der Waals surface area contributed by atoms with Crippen LogP contribution < -0.4 is 0 Å². The van der Waals surface area contributed by atoms with Crippen molar-refractivity contribution in [3.05, 3.63) is 74.8 Å². The molecule has 1 heterocycles. The summed E-state index contributed by atoms with van der Waals surface area (Å²) in [5.41, 5.74) is 0.630. The van der Waals surface area contributed by atoms with Gasteiger partial charge in [0.2, 0.25) is 0 Å². The van der Waals surface area contributed by atoms with Crippen LogP contribution in [0.1, 0.15) is 28.8 Å². The minimum Gasteiger partial charge on any atom is -0.272 e. The lowest BCUT2D eigenvalue weighted by Gasteiger charge is -2.30. The molecule has 2 aliphatic rings. The first kappa shape index (κ1) is 23.8. The molecule has 4 rings (SSSR count). The van der Waals surface area contributed by atoms with Crippen molar-refractivity contribution >= 4 is 66.9 Å². The Labute approximate surface area is 211 Å². The monoisotopic (exact) mass is 597 g/mol. The number of hydrogen-bond acceptors (Lipinski definition) is 5. The molecule has 3 amide bonds. The molecule has 2 aromatic carbocycles. The van der Waals surface area contributed by atoms with Crippen LogP contribution in [0, 0.1) is 22.0 Å². The Balaban J connectivity index is 1.70. The molecule has 1 saturated carbocycles. The maximum Gasteiger partial charge on any atom is 0.273 e. The van der Waals surface area contributed by atoms with Crippen LogP contribution in [0.25, 0.3) is 0 Å². The molecule has 1 aliphatic heterocycles. The molecule has 0 bridgehead atoms.